The minimum absolute atomic E-state index is 0.0658. The molecule has 1 aliphatic carbocycles. The van der Waals surface area contributed by atoms with Crippen molar-refractivity contribution in [2.45, 2.75) is 49.7 Å². The summed E-state index contributed by atoms with van der Waals surface area (Å²) >= 11 is 9.15. The fourth-order valence-corrected chi connectivity index (χ4v) is 6.37. The number of hydrogen-bond donors (Lipinski definition) is 1. The molecule has 1 amide bonds. The third-order valence-electron chi connectivity index (χ3n) is 5.78. The molecule has 0 fully saturated rings. The Labute approximate surface area is 213 Å². The van der Waals surface area contributed by atoms with Gasteiger partial charge in [0.05, 0.1) is 16.5 Å². The molecule has 1 aromatic carbocycles. The van der Waals surface area contributed by atoms with Crippen molar-refractivity contribution in [1.82, 2.24) is 4.98 Å². The summed E-state index contributed by atoms with van der Waals surface area (Å²) in [6.07, 6.45) is 7.00. The van der Waals surface area contributed by atoms with Gasteiger partial charge in [-0.15, -0.1) is 23.1 Å². The van der Waals surface area contributed by atoms with Crippen LogP contribution in [-0.4, -0.2) is 22.4 Å². The SMILES string of the molecule is CC[C@H](Sc1ccc(N=Cc2cccnc2Cl)cc1)C(=O)Nc1sc2c(c1C#N)CC[C@@H](C)C2. The van der Waals surface area contributed by atoms with Gasteiger partial charge in [-0.2, -0.15) is 5.26 Å². The van der Waals surface area contributed by atoms with Gasteiger partial charge in [0.15, 0.2) is 0 Å². The molecule has 8 heteroatoms. The monoisotopic (exact) mass is 508 g/mol. The molecular weight excluding hydrogens is 484 g/mol. The maximum Gasteiger partial charge on any atom is 0.238 e. The minimum Gasteiger partial charge on any atom is -0.316 e. The number of hydrogen-bond acceptors (Lipinski definition) is 6. The Morgan fingerprint density at radius 3 is 2.91 bits per heavy atom. The highest BCUT2D eigenvalue weighted by atomic mass is 35.5. The summed E-state index contributed by atoms with van der Waals surface area (Å²) in [5, 5.41) is 13.6. The van der Waals surface area contributed by atoms with E-state index in [2.05, 4.69) is 28.3 Å². The predicted octanol–water partition coefficient (Wildman–Crippen LogP) is 7.05. The Balaban J connectivity index is 1.42. The molecule has 0 saturated heterocycles. The van der Waals surface area contributed by atoms with Gasteiger partial charge in [0, 0.05) is 27.7 Å². The van der Waals surface area contributed by atoms with E-state index in [1.54, 1.807) is 23.7 Å². The van der Waals surface area contributed by atoms with Gasteiger partial charge in [-0.05, 0) is 73.6 Å². The second-order valence-electron chi connectivity index (χ2n) is 8.31. The number of fused-ring (bicyclic) bond motifs is 1. The van der Waals surface area contributed by atoms with E-state index in [0.717, 1.165) is 41.0 Å². The van der Waals surface area contributed by atoms with Crippen LogP contribution in [0.4, 0.5) is 10.7 Å². The zero-order valence-electron chi connectivity index (χ0n) is 19.0. The molecule has 5 nitrogen and oxygen atoms in total. The lowest BCUT2D eigenvalue weighted by Crippen LogP contribution is -2.24. The Morgan fingerprint density at radius 1 is 1.41 bits per heavy atom. The highest BCUT2D eigenvalue weighted by molar-refractivity contribution is 8.00. The third-order valence-corrected chi connectivity index (χ3v) is 8.64. The fourth-order valence-electron chi connectivity index (χ4n) is 3.89. The number of benzene rings is 1. The molecule has 0 saturated carbocycles. The van der Waals surface area contributed by atoms with Crippen LogP contribution in [0.25, 0.3) is 0 Å². The van der Waals surface area contributed by atoms with Crippen molar-refractivity contribution in [1.29, 1.82) is 5.26 Å². The zero-order chi connectivity index (χ0) is 24.1. The first-order valence-corrected chi connectivity index (χ1v) is 13.3. The van der Waals surface area contributed by atoms with Gasteiger partial charge in [0.1, 0.15) is 16.2 Å². The van der Waals surface area contributed by atoms with E-state index in [4.69, 9.17) is 11.6 Å². The summed E-state index contributed by atoms with van der Waals surface area (Å²) in [5.74, 6) is 0.554. The summed E-state index contributed by atoms with van der Waals surface area (Å²) in [4.78, 5) is 23.8. The number of nitrogens with zero attached hydrogens (tertiary/aromatic N) is 3. The van der Waals surface area contributed by atoms with Crippen molar-refractivity contribution in [3.05, 3.63) is 69.3 Å². The third kappa shape index (κ3) is 5.69. The van der Waals surface area contributed by atoms with Crippen molar-refractivity contribution in [3.63, 3.8) is 0 Å². The first-order chi connectivity index (χ1) is 16.5. The second kappa shape index (κ2) is 11.2. The van der Waals surface area contributed by atoms with Crippen LogP contribution in [0, 0.1) is 17.2 Å². The summed E-state index contributed by atoms with van der Waals surface area (Å²) < 4.78 is 0. The molecule has 0 bridgehead atoms. The Kier molecular flexibility index (Phi) is 8.04. The lowest BCUT2D eigenvalue weighted by molar-refractivity contribution is -0.115. The first-order valence-electron chi connectivity index (χ1n) is 11.2. The van der Waals surface area contributed by atoms with Gasteiger partial charge in [-0.3, -0.25) is 9.79 Å². The molecule has 2 aromatic heterocycles. The largest absolute Gasteiger partial charge is 0.316 e. The standard InChI is InChI=1S/C26H25ClN4OS2/c1-3-22(25(32)31-26-21(14-28)20-11-6-16(2)13-23(20)34-26)33-19-9-7-18(8-10-19)30-15-17-5-4-12-29-24(17)27/h4-5,7-10,12,15-16,22H,3,6,11,13H2,1-2H3,(H,31,32)/t16-,22+/m1/s1. The van der Waals surface area contributed by atoms with Gasteiger partial charge in [0.25, 0.3) is 0 Å². The molecule has 34 heavy (non-hydrogen) atoms. The fraction of sp³-hybridized carbons (Fsp3) is 0.308. The highest BCUT2D eigenvalue weighted by Gasteiger charge is 2.26. The number of thioether (sulfide) groups is 1. The average Bonchev–Trinajstić information content (AvgIpc) is 3.18. The number of carbonyl (C=O) groups is 1. The lowest BCUT2D eigenvalue weighted by Gasteiger charge is -2.17. The zero-order valence-corrected chi connectivity index (χ0v) is 21.4. The Morgan fingerprint density at radius 2 is 2.21 bits per heavy atom. The second-order valence-corrected chi connectivity index (χ2v) is 11.0. The van der Waals surface area contributed by atoms with E-state index < -0.39 is 0 Å². The molecular formula is C26H25ClN4OS2. The van der Waals surface area contributed by atoms with Crippen LogP contribution in [-0.2, 0) is 17.6 Å². The minimum atomic E-state index is -0.256. The van der Waals surface area contributed by atoms with Crippen LogP contribution in [0.5, 0.6) is 0 Å². The van der Waals surface area contributed by atoms with Crippen molar-refractivity contribution in [2.75, 3.05) is 5.32 Å². The molecule has 4 rings (SSSR count). The maximum absolute atomic E-state index is 13.1. The Hall–Kier alpha value is -2.66. The maximum atomic E-state index is 13.1. The van der Waals surface area contributed by atoms with Gasteiger partial charge in [0.2, 0.25) is 5.91 Å². The number of nitriles is 1. The topological polar surface area (TPSA) is 78.1 Å². The van der Waals surface area contributed by atoms with Crippen LogP contribution >= 0.6 is 34.7 Å². The van der Waals surface area contributed by atoms with Crippen LogP contribution in [0.2, 0.25) is 5.15 Å². The molecule has 2 heterocycles. The van der Waals surface area contributed by atoms with E-state index in [9.17, 15) is 10.1 Å². The number of rotatable bonds is 7. The molecule has 0 unspecified atom stereocenters. The van der Waals surface area contributed by atoms with Gasteiger partial charge < -0.3 is 5.32 Å². The van der Waals surface area contributed by atoms with Crippen molar-refractivity contribution in [3.8, 4) is 6.07 Å². The van der Waals surface area contributed by atoms with Crippen LogP contribution in [0.3, 0.4) is 0 Å². The number of anilines is 1. The van der Waals surface area contributed by atoms with Crippen LogP contribution < -0.4 is 5.32 Å². The number of aromatic nitrogens is 1. The first kappa shape index (κ1) is 24.5. The summed E-state index contributed by atoms with van der Waals surface area (Å²) in [5.41, 5.74) is 3.33. The lowest BCUT2D eigenvalue weighted by atomic mass is 9.88. The number of amides is 1. The van der Waals surface area contributed by atoms with E-state index in [1.165, 1.54) is 16.6 Å². The quantitative estimate of drug-likeness (QED) is 0.210. The van der Waals surface area contributed by atoms with Crippen LogP contribution in [0.1, 0.15) is 48.3 Å². The van der Waals surface area contributed by atoms with E-state index in [1.807, 2.05) is 43.3 Å². The molecule has 0 spiro atoms. The van der Waals surface area contributed by atoms with E-state index >= 15 is 0 Å². The number of thiophene rings is 1. The molecule has 0 aliphatic heterocycles. The van der Waals surface area contributed by atoms with E-state index in [-0.39, 0.29) is 11.2 Å². The number of aliphatic imine (C=N–C) groups is 1. The molecule has 1 N–H and O–H groups in total. The van der Waals surface area contributed by atoms with Crippen molar-refractivity contribution >= 4 is 57.5 Å². The molecule has 0 radical (unpaired) electrons. The number of nitrogens with one attached hydrogen (secondary N) is 1. The van der Waals surface area contributed by atoms with Crippen molar-refractivity contribution in [2.24, 2.45) is 10.9 Å². The summed E-state index contributed by atoms with van der Waals surface area (Å²) in [7, 11) is 0. The molecule has 174 valence electrons. The number of pyridine rings is 1. The smallest absolute Gasteiger partial charge is 0.238 e. The molecule has 3 aromatic rings. The predicted molar refractivity (Wildman–Crippen MR) is 142 cm³/mol. The van der Waals surface area contributed by atoms with Gasteiger partial charge in [-0.25, -0.2) is 4.98 Å². The Bertz CT molecular complexity index is 1250. The number of halogens is 1. The highest BCUT2D eigenvalue weighted by Crippen LogP contribution is 2.39. The summed E-state index contributed by atoms with van der Waals surface area (Å²) in [6, 6.07) is 13.7. The number of carbonyl (C=O) groups excluding carboxylic acids is 1. The molecule has 1 aliphatic rings. The normalized spacial score (nSPS) is 16.1. The van der Waals surface area contributed by atoms with Gasteiger partial charge in [-0.1, -0.05) is 25.4 Å². The molecule has 2 atom stereocenters. The summed E-state index contributed by atoms with van der Waals surface area (Å²) in [6.45, 7) is 4.24. The van der Waals surface area contributed by atoms with Gasteiger partial charge >= 0.3 is 0 Å². The van der Waals surface area contributed by atoms with Crippen molar-refractivity contribution < 1.29 is 4.79 Å². The van der Waals surface area contributed by atoms with E-state index in [0.29, 0.717) is 28.1 Å². The average molecular weight is 509 g/mol. The van der Waals surface area contributed by atoms with Crippen LogP contribution in [0.15, 0.2) is 52.5 Å².